The van der Waals surface area contributed by atoms with Crippen molar-refractivity contribution in [1.29, 1.82) is 0 Å². The minimum absolute atomic E-state index is 0.0949. The molecule has 130 valence electrons. The van der Waals surface area contributed by atoms with Gasteiger partial charge in [-0.05, 0) is 0 Å². The molecule has 3 N–H and O–H groups in total. The van der Waals surface area contributed by atoms with Gasteiger partial charge in [-0.3, -0.25) is 14.2 Å². The van der Waals surface area contributed by atoms with Gasteiger partial charge in [-0.2, -0.15) is 0 Å². The van der Waals surface area contributed by atoms with Crippen LogP contribution in [0.5, 0.6) is 0 Å². The van der Waals surface area contributed by atoms with E-state index in [1.54, 1.807) is 13.8 Å². The molecular formula is C14H18N4O6. The molecular weight excluding hydrogens is 320 g/mol. The molecule has 10 nitrogen and oxygen atoms in total. The summed E-state index contributed by atoms with van der Waals surface area (Å²) in [6.07, 6.45) is -1.92. The third-order valence-corrected chi connectivity index (χ3v) is 3.84. The van der Waals surface area contributed by atoms with E-state index < -0.39 is 36.1 Å². The lowest BCUT2D eigenvalue weighted by Crippen LogP contribution is -2.34. The Hall–Kier alpha value is -2.30. The van der Waals surface area contributed by atoms with Crippen molar-refractivity contribution in [1.82, 2.24) is 19.5 Å². The molecule has 0 spiro atoms. The molecule has 0 aromatic carbocycles. The highest BCUT2D eigenvalue weighted by Crippen LogP contribution is 2.31. The quantitative estimate of drug-likeness (QED) is 0.599. The average molecular weight is 338 g/mol. The van der Waals surface area contributed by atoms with Crippen LogP contribution in [-0.4, -0.2) is 60.6 Å². The molecule has 1 fully saturated rings. The lowest BCUT2D eigenvalue weighted by molar-refractivity contribution is -0.153. The summed E-state index contributed by atoms with van der Waals surface area (Å²) in [5.74, 6) is -0.734. The molecule has 10 heteroatoms. The van der Waals surface area contributed by atoms with Gasteiger partial charge in [0.15, 0.2) is 17.4 Å². The van der Waals surface area contributed by atoms with Gasteiger partial charge in [-0.25, -0.2) is 9.97 Å². The average Bonchev–Trinajstić information content (AvgIpc) is 3.09. The van der Waals surface area contributed by atoms with Gasteiger partial charge >= 0.3 is 5.97 Å². The highest BCUT2D eigenvalue weighted by atomic mass is 16.6. The van der Waals surface area contributed by atoms with Crippen LogP contribution in [0.4, 0.5) is 0 Å². The molecule has 0 saturated carbocycles. The van der Waals surface area contributed by atoms with Gasteiger partial charge in [-0.1, -0.05) is 13.8 Å². The van der Waals surface area contributed by atoms with Crippen LogP contribution in [0.15, 0.2) is 17.4 Å². The zero-order valence-electron chi connectivity index (χ0n) is 13.1. The third-order valence-electron chi connectivity index (χ3n) is 3.84. The molecule has 0 amide bonds. The third kappa shape index (κ3) is 2.79. The maximum absolute atomic E-state index is 11.7. The highest BCUT2D eigenvalue weighted by Gasteiger charge is 2.45. The van der Waals surface area contributed by atoms with Gasteiger partial charge in [0.05, 0.1) is 18.6 Å². The van der Waals surface area contributed by atoms with Crippen molar-refractivity contribution >= 4 is 17.1 Å². The van der Waals surface area contributed by atoms with Crippen molar-refractivity contribution in [3.63, 3.8) is 0 Å². The summed E-state index contributed by atoms with van der Waals surface area (Å²) in [6, 6.07) is 0. The number of nitrogens with one attached hydrogen (secondary N) is 1. The summed E-state index contributed by atoms with van der Waals surface area (Å²) in [6.45, 7) is 3.19. The Balaban J connectivity index is 1.80. The number of aliphatic hydroxyl groups excluding tert-OH is 2. The molecule has 0 bridgehead atoms. The predicted octanol–water partition coefficient (Wildman–Crippen LogP) is -1.06. The lowest BCUT2D eigenvalue weighted by atomic mass is 10.1. The smallest absolute Gasteiger partial charge is 0.308 e. The first-order valence-electron chi connectivity index (χ1n) is 7.48. The molecule has 4 atom stereocenters. The Bertz CT molecular complexity index is 800. The number of hydrogen-bond acceptors (Lipinski definition) is 8. The topological polar surface area (TPSA) is 140 Å². The van der Waals surface area contributed by atoms with Crippen molar-refractivity contribution in [3.8, 4) is 0 Å². The van der Waals surface area contributed by atoms with Crippen LogP contribution in [0.3, 0.4) is 0 Å². The minimum Gasteiger partial charge on any atom is -0.463 e. The first-order chi connectivity index (χ1) is 11.4. The number of carbonyl (C=O) groups is 1. The van der Waals surface area contributed by atoms with Gasteiger partial charge in [0.25, 0.3) is 5.56 Å². The number of carbonyl (C=O) groups excluding carboxylic acids is 1. The van der Waals surface area contributed by atoms with E-state index in [0.29, 0.717) is 0 Å². The molecule has 3 rings (SSSR count). The number of aliphatic hydroxyl groups is 2. The number of imidazole rings is 1. The first kappa shape index (κ1) is 16.6. The van der Waals surface area contributed by atoms with Crippen LogP contribution >= 0.6 is 0 Å². The molecule has 1 aliphatic rings. The second kappa shape index (κ2) is 6.30. The minimum atomic E-state index is -1.29. The van der Waals surface area contributed by atoms with E-state index in [9.17, 15) is 19.8 Å². The Morgan fingerprint density at radius 1 is 1.42 bits per heavy atom. The highest BCUT2D eigenvalue weighted by molar-refractivity contribution is 5.71. The molecule has 2 aromatic rings. The fourth-order valence-corrected chi connectivity index (χ4v) is 2.48. The van der Waals surface area contributed by atoms with Gasteiger partial charge in [0.2, 0.25) is 0 Å². The summed E-state index contributed by atoms with van der Waals surface area (Å²) in [4.78, 5) is 33.6. The fourth-order valence-electron chi connectivity index (χ4n) is 2.48. The van der Waals surface area contributed by atoms with Crippen LogP contribution in [0.1, 0.15) is 20.1 Å². The SMILES string of the molecule is CC(C)C(=O)OC[C@H]1O[C@@H](n2cnc3c(=O)[nH]cnc32)[C@H](O)[C@@H]1O. The standard InChI is InChI=1S/C14H18N4O6/c1-6(2)14(22)23-3-7-9(19)10(20)13(24-7)18-5-17-8-11(18)15-4-16-12(8)21/h4-7,9-10,13,19-20H,3H2,1-2H3,(H,15,16,21)/t7-,9-,10-,13-/m1/s1. The van der Waals surface area contributed by atoms with Crippen LogP contribution in [0, 0.1) is 5.92 Å². The van der Waals surface area contributed by atoms with E-state index in [0.717, 1.165) is 0 Å². The Kier molecular flexibility index (Phi) is 4.35. The van der Waals surface area contributed by atoms with Crippen LogP contribution < -0.4 is 5.56 Å². The normalized spacial score (nSPS) is 27.0. The first-order valence-corrected chi connectivity index (χ1v) is 7.48. The van der Waals surface area contributed by atoms with E-state index in [1.807, 2.05) is 0 Å². The second-order valence-electron chi connectivity index (χ2n) is 5.89. The fraction of sp³-hybridized carbons (Fsp3) is 0.571. The van der Waals surface area contributed by atoms with Crippen molar-refractivity contribution in [2.75, 3.05) is 6.61 Å². The van der Waals surface area contributed by atoms with Crippen molar-refractivity contribution in [2.24, 2.45) is 5.92 Å². The summed E-state index contributed by atoms with van der Waals surface area (Å²) >= 11 is 0. The number of aromatic amines is 1. The van der Waals surface area contributed by atoms with Gasteiger partial charge in [0.1, 0.15) is 24.9 Å². The van der Waals surface area contributed by atoms with Gasteiger partial charge < -0.3 is 24.7 Å². The number of esters is 1. The van der Waals surface area contributed by atoms with Crippen molar-refractivity contribution < 1.29 is 24.5 Å². The summed E-state index contributed by atoms with van der Waals surface area (Å²) in [5, 5.41) is 20.3. The summed E-state index contributed by atoms with van der Waals surface area (Å²) < 4.78 is 12.0. The Morgan fingerprint density at radius 2 is 2.17 bits per heavy atom. The van der Waals surface area contributed by atoms with E-state index in [-0.39, 0.29) is 23.7 Å². The molecule has 1 aliphatic heterocycles. The van der Waals surface area contributed by atoms with Gasteiger partial charge in [0, 0.05) is 0 Å². The molecule has 2 aromatic heterocycles. The second-order valence-corrected chi connectivity index (χ2v) is 5.89. The van der Waals surface area contributed by atoms with E-state index in [2.05, 4.69) is 15.0 Å². The maximum Gasteiger partial charge on any atom is 0.308 e. The Morgan fingerprint density at radius 3 is 2.88 bits per heavy atom. The monoisotopic (exact) mass is 338 g/mol. The number of rotatable bonds is 4. The predicted molar refractivity (Wildman–Crippen MR) is 79.9 cm³/mol. The number of aromatic nitrogens is 4. The molecule has 0 radical (unpaired) electrons. The number of fused-ring (bicyclic) bond motifs is 1. The molecule has 24 heavy (non-hydrogen) atoms. The number of H-pyrrole nitrogens is 1. The lowest BCUT2D eigenvalue weighted by Gasteiger charge is -2.16. The van der Waals surface area contributed by atoms with Crippen LogP contribution in [0.2, 0.25) is 0 Å². The van der Waals surface area contributed by atoms with Crippen molar-refractivity contribution in [2.45, 2.75) is 38.4 Å². The molecule has 3 heterocycles. The summed E-state index contributed by atoms with van der Waals surface area (Å²) in [7, 11) is 0. The van der Waals surface area contributed by atoms with Crippen LogP contribution in [0.25, 0.3) is 11.2 Å². The maximum atomic E-state index is 11.7. The zero-order chi connectivity index (χ0) is 17.4. The van der Waals surface area contributed by atoms with Crippen LogP contribution in [-0.2, 0) is 14.3 Å². The molecule has 0 aliphatic carbocycles. The molecule has 1 saturated heterocycles. The van der Waals surface area contributed by atoms with E-state index in [4.69, 9.17) is 9.47 Å². The number of nitrogens with zero attached hydrogens (tertiary/aromatic N) is 3. The van der Waals surface area contributed by atoms with Crippen molar-refractivity contribution in [3.05, 3.63) is 23.0 Å². The van der Waals surface area contributed by atoms with Gasteiger partial charge in [-0.15, -0.1) is 0 Å². The zero-order valence-corrected chi connectivity index (χ0v) is 13.1. The number of hydrogen-bond donors (Lipinski definition) is 3. The largest absolute Gasteiger partial charge is 0.463 e. The summed E-state index contributed by atoms with van der Waals surface area (Å²) in [5.41, 5.74) is -0.110. The van der Waals surface area contributed by atoms with E-state index in [1.165, 1.54) is 17.2 Å². The number of ether oxygens (including phenoxy) is 2. The molecule has 0 unspecified atom stereocenters. The Labute approximate surface area is 136 Å². The van der Waals surface area contributed by atoms with E-state index >= 15 is 0 Å².